The molecule has 0 saturated carbocycles. The molecule has 0 fully saturated rings. The predicted molar refractivity (Wildman–Crippen MR) is 88.7 cm³/mol. The molecule has 0 aliphatic carbocycles. The molecule has 8 heteroatoms. The van der Waals surface area contributed by atoms with Crippen LogP contribution in [0.25, 0.3) is 0 Å². The van der Waals surface area contributed by atoms with Crippen molar-refractivity contribution in [2.45, 2.75) is 24.3 Å². The number of sulfonamides is 1. The number of hydrogen-bond donors (Lipinski definition) is 2. The molecule has 1 heterocycles. The number of thiophene rings is 1. The average molecular weight is 365 g/mol. The summed E-state index contributed by atoms with van der Waals surface area (Å²) in [5, 5.41) is 4.11. The number of anilines is 1. The van der Waals surface area contributed by atoms with Crippen molar-refractivity contribution in [3.63, 3.8) is 0 Å². The lowest BCUT2D eigenvalue weighted by atomic mass is 10.1. The Morgan fingerprint density at radius 3 is 2.67 bits per heavy atom. The fraction of sp³-hybridized carbons (Fsp3) is 0.231. The van der Waals surface area contributed by atoms with E-state index in [0.29, 0.717) is 6.42 Å². The lowest BCUT2D eigenvalue weighted by Gasteiger charge is -2.15. The van der Waals surface area contributed by atoms with E-state index in [-0.39, 0.29) is 26.7 Å². The summed E-state index contributed by atoms with van der Waals surface area (Å²) in [7, 11) is -3.75. The van der Waals surface area contributed by atoms with Crippen molar-refractivity contribution in [3.05, 3.63) is 44.6 Å². The third kappa shape index (κ3) is 3.90. The first-order valence-corrected chi connectivity index (χ1v) is 9.26. The van der Waals surface area contributed by atoms with Crippen LogP contribution in [0.4, 0.5) is 5.69 Å². The van der Waals surface area contributed by atoms with Crippen LogP contribution in [0.2, 0.25) is 10.0 Å². The van der Waals surface area contributed by atoms with Gasteiger partial charge in [0.15, 0.2) is 0 Å². The van der Waals surface area contributed by atoms with Gasteiger partial charge < -0.3 is 5.73 Å². The first kappa shape index (κ1) is 16.6. The van der Waals surface area contributed by atoms with E-state index in [4.69, 9.17) is 28.9 Å². The molecule has 2 rings (SSSR count). The minimum Gasteiger partial charge on any atom is -0.396 e. The Bertz CT molecular complexity index is 731. The molecule has 0 bridgehead atoms. The van der Waals surface area contributed by atoms with Gasteiger partial charge in [-0.15, -0.1) is 0 Å². The number of nitrogens with one attached hydrogen (secondary N) is 1. The van der Waals surface area contributed by atoms with E-state index in [0.717, 1.165) is 5.56 Å². The zero-order valence-corrected chi connectivity index (χ0v) is 14.3. The normalized spacial score (nSPS) is 13.3. The van der Waals surface area contributed by atoms with Crippen molar-refractivity contribution in [1.82, 2.24) is 4.72 Å². The maximum absolute atomic E-state index is 12.4. The van der Waals surface area contributed by atoms with Gasteiger partial charge in [-0.05, 0) is 47.9 Å². The van der Waals surface area contributed by atoms with E-state index in [1.165, 1.54) is 12.1 Å². The van der Waals surface area contributed by atoms with Gasteiger partial charge in [0, 0.05) is 6.04 Å². The van der Waals surface area contributed by atoms with Gasteiger partial charge in [-0.1, -0.05) is 23.2 Å². The molecule has 0 amide bonds. The van der Waals surface area contributed by atoms with Crippen molar-refractivity contribution < 1.29 is 8.42 Å². The van der Waals surface area contributed by atoms with Gasteiger partial charge in [0.25, 0.3) is 0 Å². The molecule has 1 atom stereocenters. The van der Waals surface area contributed by atoms with Crippen LogP contribution in [0, 0.1) is 0 Å². The molecule has 1 aromatic carbocycles. The maximum atomic E-state index is 12.4. The molecule has 2 aromatic rings. The summed E-state index contributed by atoms with van der Waals surface area (Å²) in [6.45, 7) is 1.79. The van der Waals surface area contributed by atoms with Crippen molar-refractivity contribution in [2.24, 2.45) is 0 Å². The second-order valence-corrected chi connectivity index (χ2v) is 7.88. The Balaban J connectivity index is 2.20. The highest BCUT2D eigenvalue weighted by Crippen LogP contribution is 2.33. The first-order valence-electron chi connectivity index (χ1n) is 6.08. The molecule has 0 aliphatic heterocycles. The van der Waals surface area contributed by atoms with Crippen LogP contribution in [0.1, 0.15) is 12.5 Å². The molecule has 0 spiro atoms. The summed E-state index contributed by atoms with van der Waals surface area (Å²) < 4.78 is 27.3. The molecule has 21 heavy (non-hydrogen) atoms. The average Bonchev–Trinajstić information content (AvgIpc) is 2.87. The Morgan fingerprint density at radius 1 is 1.33 bits per heavy atom. The highest BCUT2D eigenvalue weighted by atomic mass is 35.5. The topological polar surface area (TPSA) is 72.2 Å². The monoisotopic (exact) mass is 364 g/mol. The van der Waals surface area contributed by atoms with Gasteiger partial charge in [0.2, 0.25) is 10.0 Å². The molecule has 0 saturated heterocycles. The third-order valence-electron chi connectivity index (χ3n) is 2.86. The molecule has 1 aromatic heterocycles. The molecule has 0 aliphatic rings. The molecular weight excluding hydrogens is 351 g/mol. The zero-order chi connectivity index (χ0) is 15.6. The third-order valence-corrected chi connectivity index (χ3v) is 6.07. The quantitative estimate of drug-likeness (QED) is 0.796. The van der Waals surface area contributed by atoms with E-state index in [1.54, 1.807) is 18.3 Å². The number of halogens is 2. The fourth-order valence-corrected chi connectivity index (χ4v) is 4.58. The van der Waals surface area contributed by atoms with Crippen molar-refractivity contribution >= 4 is 50.2 Å². The van der Waals surface area contributed by atoms with Crippen LogP contribution in [0.15, 0.2) is 33.9 Å². The second kappa shape index (κ2) is 6.54. The smallest absolute Gasteiger partial charge is 0.242 e. The molecule has 4 nitrogen and oxygen atoms in total. The summed E-state index contributed by atoms with van der Waals surface area (Å²) >= 11 is 13.4. The predicted octanol–water partition coefficient (Wildman–Crippen LogP) is 3.55. The van der Waals surface area contributed by atoms with Gasteiger partial charge >= 0.3 is 0 Å². The Hall–Kier alpha value is -0.790. The van der Waals surface area contributed by atoms with Crippen LogP contribution in [0.3, 0.4) is 0 Å². The summed E-state index contributed by atoms with van der Waals surface area (Å²) in [4.78, 5) is -0.0664. The maximum Gasteiger partial charge on any atom is 0.242 e. The minimum atomic E-state index is -3.75. The Kier molecular flexibility index (Phi) is 5.16. The molecular formula is C13H14Cl2N2O2S2. The van der Waals surface area contributed by atoms with E-state index < -0.39 is 10.0 Å². The van der Waals surface area contributed by atoms with Gasteiger partial charge in [-0.25, -0.2) is 13.1 Å². The van der Waals surface area contributed by atoms with Crippen LogP contribution in [-0.2, 0) is 16.4 Å². The highest BCUT2D eigenvalue weighted by Gasteiger charge is 2.22. The van der Waals surface area contributed by atoms with Crippen LogP contribution in [0.5, 0.6) is 0 Å². The SMILES string of the molecule is CC(Cc1ccsc1)NS(=O)(=O)c1ccc(Cl)c(N)c1Cl. The molecule has 3 N–H and O–H groups in total. The van der Waals surface area contributed by atoms with Crippen molar-refractivity contribution in [2.75, 3.05) is 5.73 Å². The van der Waals surface area contributed by atoms with Crippen molar-refractivity contribution in [1.29, 1.82) is 0 Å². The van der Waals surface area contributed by atoms with Gasteiger partial charge in [-0.3, -0.25) is 0 Å². The summed E-state index contributed by atoms with van der Waals surface area (Å²) in [6.07, 6.45) is 0.601. The highest BCUT2D eigenvalue weighted by molar-refractivity contribution is 7.89. The first-order chi connectivity index (χ1) is 9.81. The van der Waals surface area contributed by atoms with E-state index >= 15 is 0 Å². The van der Waals surface area contributed by atoms with E-state index in [2.05, 4.69) is 4.72 Å². The minimum absolute atomic E-state index is 0.0577. The standard InChI is InChI=1S/C13H14Cl2N2O2S2/c1-8(6-9-4-5-20-7-9)17-21(18,19)11-3-2-10(14)13(16)12(11)15/h2-5,7-8,17H,6,16H2,1H3. The zero-order valence-electron chi connectivity index (χ0n) is 11.1. The summed E-state index contributed by atoms with van der Waals surface area (Å²) in [5.74, 6) is 0. The lowest BCUT2D eigenvalue weighted by molar-refractivity contribution is 0.560. The number of nitrogens with two attached hydrogens (primary N) is 1. The van der Waals surface area contributed by atoms with Gasteiger partial charge in [0.1, 0.15) is 4.90 Å². The largest absolute Gasteiger partial charge is 0.396 e. The second-order valence-electron chi connectivity index (χ2n) is 4.63. The van der Waals surface area contributed by atoms with E-state index in [1.807, 2.05) is 16.8 Å². The lowest BCUT2D eigenvalue weighted by Crippen LogP contribution is -2.34. The van der Waals surface area contributed by atoms with Crippen molar-refractivity contribution in [3.8, 4) is 0 Å². The number of benzene rings is 1. The molecule has 0 radical (unpaired) electrons. The van der Waals surface area contributed by atoms with Crippen LogP contribution >= 0.6 is 34.5 Å². The Morgan fingerprint density at radius 2 is 2.05 bits per heavy atom. The summed E-state index contributed by atoms with van der Waals surface area (Å²) in [5.41, 5.74) is 6.81. The van der Waals surface area contributed by atoms with Gasteiger partial charge in [0.05, 0.1) is 15.7 Å². The number of hydrogen-bond acceptors (Lipinski definition) is 4. The van der Waals surface area contributed by atoms with Crippen LogP contribution < -0.4 is 10.5 Å². The Labute approximate surface area is 137 Å². The summed E-state index contributed by atoms with van der Waals surface area (Å²) in [6, 6.07) is 4.46. The fourth-order valence-electron chi connectivity index (χ4n) is 1.89. The number of rotatable bonds is 5. The molecule has 1 unspecified atom stereocenters. The number of nitrogen functional groups attached to an aromatic ring is 1. The van der Waals surface area contributed by atoms with E-state index in [9.17, 15) is 8.42 Å². The van der Waals surface area contributed by atoms with Crippen LogP contribution in [-0.4, -0.2) is 14.5 Å². The van der Waals surface area contributed by atoms with Gasteiger partial charge in [-0.2, -0.15) is 11.3 Å². The molecule has 114 valence electrons.